The SMILES string of the molecule is CC(=O)N[C@@H]1C(C)(C)[C@@H]2C[C@@H]3[C@@H](CCN4C(=O)c5ccccc5C4=O)OCC[C@@]31C2. The molecule has 6 nitrogen and oxygen atoms in total. The summed E-state index contributed by atoms with van der Waals surface area (Å²) in [6, 6.07) is 7.17. The van der Waals surface area contributed by atoms with Crippen LogP contribution in [0.5, 0.6) is 0 Å². The second-order valence-corrected chi connectivity index (χ2v) is 10.2. The fourth-order valence-corrected chi connectivity index (χ4v) is 7.10. The molecule has 2 heterocycles. The highest BCUT2D eigenvalue weighted by Gasteiger charge is 2.68. The Labute approximate surface area is 177 Å². The lowest BCUT2D eigenvalue weighted by molar-refractivity contribution is -0.136. The Morgan fingerprint density at radius 1 is 1.20 bits per heavy atom. The van der Waals surface area contributed by atoms with Crippen LogP contribution in [-0.2, 0) is 9.53 Å². The van der Waals surface area contributed by atoms with Crippen molar-refractivity contribution in [1.82, 2.24) is 10.2 Å². The second-order valence-electron chi connectivity index (χ2n) is 10.2. The van der Waals surface area contributed by atoms with Crippen LogP contribution in [0.2, 0.25) is 0 Å². The van der Waals surface area contributed by atoms with Crippen LogP contribution in [0.15, 0.2) is 24.3 Å². The van der Waals surface area contributed by atoms with Crippen LogP contribution in [0.4, 0.5) is 0 Å². The average molecular weight is 411 g/mol. The lowest BCUT2D eigenvalue weighted by atomic mass is 9.59. The molecule has 3 fully saturated rings. The molecule has 1 aromatic rings. The van der Waals surface area contributed by atoms with Gasteiger partial charge < -0.3 is 10.1 Å². The van der Waals surface area contributed by atoms with Gasteiger partial charge in [-0.15, -0.1) is 0 Å². The van der Waals surface area contributed by atoms with Crippen LogP contribution in [-0.4, -0.2) is 47.9 Å². The number of benzene rings is 1. The van der Waals surface area contributed by atoms with Crippen LogP contribution in [0.1, 0.15) is 67.2 Å². The molecule has 2 aliphatic carbocycles. The van der Waals surface area contributed by atoms with E-state index >= 15 is 0 Å². The van der Waals surface area contributed by atoms with Crippen molar-refractivity contribution >= 4 is 17.7 Å². The van der Waals surface area contributed by atoms with E-state index in [1.54, 1.807) is 31.2 Å². The summed E-state index contributed by atoms with van der Waals surface area (Å²) in [6.07, 6.45) is 3.85. The van der Waals surface area contributed by atoms with Gasteiger partial charge in [-0.2, -0.15) is 0 Å². The molecular weight excluding hydrogens is 380 g/mol. The van der Waals surface area contributed by atoms with Crippen molar-refractivity contribution in [2.75, 3.05) is 13.2 Å². The number of hydrogen-bond acceptors (Lipinski definition) is 4. The minimum absolute atomic E-state index is 0.0143. The maximum absolute atomic E-state index is 12.7. The fourth-order valence-electron chi connectivity index (χ4n) is 7.10. The van der Waals surface area contributed by atoms with Gasteiger partial charge in [-0.25, -0.2) is 0 Å². The Bertz CT molecular complexity index is 891. The molecule has 3 amide bonds. The normalized spacial score (nSPS) is 36.0. The predicted octanol–water partition coefficient (Wildman–Crippen LogP) is 3.02. The van der Waals surface area contributed by atoms with E-state index in [0.717, 1.165) is 19.3 Å². The predicted molar refractivity (Wildman–Crippen MR) is 111 cm³/mol. The molecule has 160 valence electrons. The summed E-state index contributed by atoms with van der Waals surface area (Å²) >= 11 is 0. The Hall–Kier alpha value is -2.21. The summed E-state index contributed by atoms with van der Waals surface area (Å²) in [4.78, 5) is 38.8. The fraction of sp³-hybridized carbons (Fsp3) is 0.625. The van der Waals surface area contributed by atoms with Crippen molar-refractivity contribution in [2.24, 2.45) is 22.7 Å². The van der Waals surface area contributed by atoms with E-state index in [2.05, 4.69) is 19.2 Å². The number of imide groups is 1. The summed E-state index contributed by atoms with van der Waals surface area (Å²) in [6.45, 7) is 7.22. The first-order chi connectivity index (χ1) is 14.3. The molecule has 0 unspecified atom stereocenters. The van der Waals surface area contributed by atoms with E-state index in [4.69, 9.17) is 4.74 Å². The molecule has 1 aromatic carbocycles. The number of carbonyl (C=O) groups is 3. The summed E-state index contributed by atoms with van der Waals surface area (Å²) in [5.74, 6) is 0.541. The number of carbonyl (C=O) groups excluding carboxylic acids is 3. The zero-order chi connectivity index (χ0) is 21.3. The van der Waals surface area contributed by atoms with Gasteiger partial charge in [-0.1, -0.05) is 26.0 Å². The van der Waals surface area contributed by atoms with Gasteiger partial charge in [0.1, 0.15) is 0 Å². The van der Waals surface area contributed by atoms with E-state index in [1.165, 1.54) is 4.90 Å². The Morgan fingerprint density at radius 3 is 2.50 bits per heavy atom. The van der Waals surface area contributed by atoms with E-state index in [0.29, 0.717) is 42.5 Å². The quantitative estimate of drug-likeness (QED) is 0.775. The standard InChI is InChI=1S/C24H30N2O4/c1-14(27)25-22-23(2,3)15-12-18-19(30-11-9-24(18,22)13-15)8-10-26-20(28)16-6-4-5-7-17(16)21(26)29/h4-7,15,18-19,22H,8-13H2,1-3H3,(H,25,27)/t15-,18-,19-,22-,24-/m1/s1. The highest BCUT2D eigenvalue weighted by atomic mass is 16.5. The molecule has 2 saturated carbocycles. The van der Waals surface area contributed by atoms with Crippen molar-refractivity contribution in [3.63, 3.8) is 0 Å². The van der Waals surface area contributed by atoms with Crippen LogP contribution >= 0.6 is 0 Å². The molecule has 5 atom stereocenters. The highest BCUT2D eigenvalue weighted by molar-refractivity contribution is 6.21. The third-order valence-corrected chi connectivity index (χ3v) is 8.49. The van der Waals surface area contributed by atoms with Crippen LogP contribution < -0.4 is 5.32 Å². The van der Waals surface area contributed by atoms with Crippen molar-refractivity contribution in [1.29, 1.82) is 0 Å². The molecule has 1 spiro atoms. The van der Waals surface area contributed by atoms with Crippen molar-refractivity contribution in [2.45, 2.75) is 58.6 Å². The average Bonchev–Trinajstić information content (AvgIpc) is 3.28. The molecular formula is C24H30N2O4. The van der Waals surface area contributed by atoms with Gasteiger partial charge in [0.2, 0.25) is 5.91 Å². The summed E-state index contributed by atoms with van der Waals surface area (Å²) in [7, 11) is 0. The first-order valence-electron chi connectivity index (χ1n) is 11.1. The number of amides is 3. The first kappa shape index (κ1) is 19.7. The van der Waals surface area contributed by atoms with Gasteiger partial charge in [0.25, 0.3) is 11.8 Å². The molecule has 5 rings (SSSR count). The maximum Gasteiger partial charge on any atom is 0.261 e. The van der Waals surface area contributed by atoms with Gasteiger partial charge in [0.15, 0.2) is 0 Å². The largest absolute Gasteiger partial charge is 0.378 e. The minimum Gasteiger partial charge on any atom is -0.378 e. The Balaban J connectivity index is 1.34. The number of nitrogens with one attached hydrogen (secondary N) is 1. The monoisotopic (exact) mass is 410 g/mol. The Morgan fingerprint density at radius 2 is 1.87 bits per heavy atom. The van der Waals surface area contributed by atoms with Gasteiger partial charge in [0.05, 0.1) is 17.2 Å². The summed E-state index contributed by atoms with van der Waals surface area (Å²) < 4.78 is 6.21. The molecule has 2 aliphatic heterocycles. The molecule has 30 heavy (non-hydrogen) atoms. The molecule has 1 N–H and O–H groups in total. The molecule has 2 bridgehead atoms. The summed E-state index contributed by atoms with van der Waals surface area (Å²) in [5.41, 5.74) is 1.13. The number of hydrogen-bond donors (Lipinski definition) is 1. The number of fused-ring (bicyclic) bond motifs is 2. The molecule has 1 saturated heterocycles. The minimum atomic E-state index is -0.202. The van der Waals surface area contributed by atoms with Crippen molar-refractivity contribution in [3.8, 4) is 0 Å². The van der Waals surface area contributed by atoms with Gasteiger partial charge in [-0.3, -0.25) is 19.3 Å². The smallest absolute Gasteiger partial charge is 0.261 e. The Kier molecular flexibility index (Phi) is 4.37. The number of rotatable bonds is 4. The third kappa shape index (κ3) is 2.62. The van der Waals surface area contributed by atoms with Gasteiger partial charge >= 0.3 is 0 Å². The maximum atomic E-state index is 12.7. The van der Waals surface area contributed by atoms with E-state index in [-0.39, 0.29) is 40.7 Å². The zero-order valence-corrected chi connectivity index (χ0v) is 17.9. The second kappa shape index (κ2) is 6.64. The van der Waals surface area contributed by atoms with E-state index < -0.39 is 0 Å². The van der Waals surface area contributed by atoms with Crippen LogP contribution in [0, 0.1) is 22.7 Å². The van der Waals surface area contributed by atoms with E-state index in [1.807, 2.05) is 0 Å². The van der Waals surface area contributed by atoms with Gasteiger partial charge in [0, 0.05) is 26.1 Å². The zero-order valence-electron chi connectivity index (χ0n) is 17.9. The molecule has 0 aromatic heterocycles. The van der Waals surface area contributed by atoms with Crippen LogP contribution in [0.25, 0.3) is 0 Å². The topological polar surface area (TPSA) is 75.7 Å². The van der Waals surface area contributed by atoms with Crippen LogP contribution in [0.3, 0.4) is 0 Å². The lowest BCUT2D eigenvalue weighted by Crippen LogP contribution is -2.60. The lowest BCUT2D eigenvalue weighted by Gasteiger charge is -2.53. The summed E-state index contributed by atoms with van der Waals surface area (Å²) in [5, 5.41) is 3.28. The van der Waals surface area contributed by atoms with Crippen molar-refractivity contribution < 1.29 is 19.1 Å². The first-order valence-corrected chi connectivity index (χ1v) is 11.1. The molecule has 6 heteroatoms. The molecule has 4 aliphatic rings. The van der Waals surface area contributed by atoms with Crippen molar-refractivity contribution in [3.05, 3.63) is 35.4 Å². The third-order valence-electron chi connectivity index (χ3n) is 8.49. The highest BCUT2D eigenvalue weighted by Crippen LogP contribution is 2.68. The van der Waals surface area contributed by atoms with Gasteiger partial charge in [-0.05, 0) is 60.5 Å². The molecule has 0 radical (unpaired) electrons. The van der Waals surface area contributed by atoms with E-state index in [9.17, 15) is 14.4 Å². The number of nitrogens with zero attached hydrogens (tertiary/aromatic N) is 1. The number of ether oxygens (including phenoxy) is 1.